The first kappa shape index (κ1) is 14.5. The van der Waals surface area contributed by atoms with E-state index in [0.717, 1.165) is 4.47 Å². The van der Waals surface area contributed by atoms with Crippen LogP contribution in [0, 0.1) is 0 Å². The molecule has 1 aromatic heterocycles. The van der Waals surface area contributed by atoms with Crippen LogP contribution in [0.15, 0.2) is 47.1 Å². The topological polar surface area (TPSA) is 71.5 Å². The van der Waals surface area contributed by atoms with Crippen molar-refractivity contribution < 1.29 is 14.6 Å². The fourth-order valence-corrected chi connectivity index (χ4v) is 1.79. The average molecular weight is 337 g/mol. The molecular formula is C14H13BrN2O3. The summed E-state index contributed by atoms with van der Waals surface area (Å²) in [6.45, 7) is 0.0698. The largest absolute Gasteiger partial charge is 0.438 e. The van der Waals surface area contributed by atoms with E-state index in [2.05, 4.69) is 26.2 Å². The first-order valence-corrected chi connectivity index (χ1v) is 6.77. The zero-order valence-electron chi connectivity index (χ0n) is 10.5. The minimum atomic E-state index is -0.334. The van der Waals surface area contributed by atoms with E-state index in [0.29, 0.717) is 11.3 Å². The lowest BCUT2D eigenvalue weighted by atomic mass is 10.2. The Hall–Kier alpha value is -1.92. The highest BCUT2D eigenvalue weighted by atomic mass is 79.9. The average Bonchev–Trinajstić information content (AvgIpc) is 2.48. The number of ether oxygens (including phenoxy) is 1. The Balaban J connectivity index is 2.19. The van der Waals surface area contributed by atoms with Gasteiger partial charge in [0, 0.05) is 17.2 Å². The molecule has 0 radical (unpaired) electrons. The molecule has 0 aliphatic rings. The summed E-state index contributed by atoms with van der Waals surface area (Å²) in [4.78, 5) is 16.0. The number of hydrogen-bond donors (Lipinski definition) is 2. The number of carbonyl (C=O) groups excluding carboxylic acids is 1. The van der Waals surface area contributed by atoms with Gasteiger partial charge in [0.15, 0.2) is 0 Å². The van der Waals surface area contributed by atoms with E-state index >= 15 is 0 Å². The quantitative estimate of drug-likeness (QED) is 0.879. The molecule has 1 aromatic carbocycles. The van der Waals surface area contributed by atoms with Crippen molar-refractivity contribution in [3.8, 4) is 11.6 Å². The SMILES string of the molecule is O=C(NCCO)c1cccnc1Oc1ccc(Br)cc1. The van der Waals surface area contributed by atoms with Gasteiger partial charge in [0.25, 0.3) is 5.91 Å². The lowest BCUT2D eigenvalue weighted by molar-refractivity contribution is 0.0942. The van der Waals surface area contributed by atoms with Gasteiger partial charge >= 0.3 is 0 Å². The van der Waals surface area contributed by atoms with Crippen LogP contribution in [0.3, 0.4) is 0 Å². The first-order chi connectivity index (χ1) is 9.70. The van der Waals surface area contributed by atoms with Crippen LogP contribution in [0.2, 0.25) is 0 Å². The van der Waals surface area contributed by atoms with E-state index in [1.165, 1.54) is 0 Å². The summed E-state index contributed by atoms with van der Waals surface area (Å²) >= 11 is 3.34. The van der Waals surface area contributed by atoms with Crippen LogP contribution in [-0.2, 0) is 0 Å². The number of hydrogen-bond acceptors (Lipinski definition) is 4. The summed E-state index contributed by atoms with van der Waals surface area (Å²) in [5.41, 5.74) is 0.323. The third kappa shape index (κ3) is 3.79. The Morgan fingerprint density at radius 2 is 2.05 bits per heavy atom. The van der Waals surface area contributed by atoms with Gasteiger partial charge in [-0.2, -0.15) is 0 Å². The Bertz CT molecular complexity index is 587. The standard InChI is InChI=1S/C14H13BrN2O3/c15-10-3-5-11(6-4-10)20-14-12(2-1-7-17-14)13(19)16-8-9-18/h1-7,18H,8-9H2,(H,16,19). The maximum atomic E-state index is 11.9. The number of aliphatic hydroxyl groups is 1. The molecule has 6 heteroatoms. The Morgan fingerprint density at radius 3 is 2.75 bits per heavy atom. The van der Waals surface area contributed by atoms with Gasteiger partial charge in [-0.05, 0) is 36.4 Å². The van der Waals surface area contributed by atoms with Crippen molar-refractivity contribution in [2.45, 2.75) is 0 Å². The molecule has 0 aliphatic heterocycles. The second kappa shape index (κ2) is 7.02. The molecule has 2 rings (SSSR count). The minimum absolute atomic E-state index is 0.116. The predicted octanol–water partition coefficient (Wildman–Crippen LogP) is 2.36. The lowest BCUT2D eigenvalue weighted by Crippen LogP contribution is -2.26. The van der Waals surface area contributed by atoms with Gasteiger partial charge in [0.2, 0.25) is 5.88 Å². The third-order valence-corrected chi connectivity index (χ3v) is 2.97. The van der Waals surface area contributed by atoms with Crippen LogP contribution >= 0.6 is 15.9 Å². The molecule has 0 atom stereocenters. The van der Waals surface area contributed by atoms with Crippen LogP contribution < -0.4 is 10.1 Å². The van der Waals surface area contributed by atoms with Crippen LogP contribution in [-0.4, -0.2) is 29.1 Å². The molecular weight excluding hydrogens is 324 g/mol. The normalized spacial score (nSPS) is 10.1. The number of aromatic nitrogens is 1. The number of halogens is 1. The van der Waals surface area contributed by atoms with Gasteiger partial charge in [0.05, 0.1) is 6.61 Å². The summed E-state index contributed by atoms with van der Waals surface area (Å²) in [5, 5.41) is 11.3. The number of benzene rings is 1. The first-order valence-electron chi connectivity index (χ1n) is 5.98. The molecule has 20 heavy (non-hydrogen) atoms. The van der Waals surface area contributed by atoms with Crippen molar-refractivity contribution in [2.24, 2.45) is 0 Å². The second-order valence-electron chi connectivity index (χ2n) is 3.89. The van der Waals surface area contributed by atoms with E-state index in [-0.39, 0.29) is 24.9 Å². The number of nitrogens with zero attached hydrogens (tertiary/aromatic N) is 1. The van der Waals surface area contributed by atoms with E-state index in [4.69, 9.17) is 9.84 Å². The number of carbonyl (C=O) groups is 1. The Labute approximate surface area is 124 Å². The molecule has 0 saturated heterocycles. The summed E-state index contributed by atoms with van der Waals surface area (Å²) in [7, 11) is 0. The van der Waals surface area contributed by atoms with E-state index < -0.39 is 0 Å². The highest BCUT2D eigenvalue weighted by Crippen LogP contribution is 2.24. The van der Waals surface area contributed by atoms with Crippen LogP contribution in [0.5, 0.6) is 11.6 Å². The van der Waals surface area contributed by atoms with Gasteiger partial charge in [-0.3, -0.25) is 4.79 Å². The van der Waals surface area contributed by atoms with Gasteiger partial charge in [0.1, 0.15) is 11.3 Å². The zero-order chi connectivity index (χ0) is 14.4. The van der Waals surface area contributed by atoms with E-state index in [1.54, 1.807) is 30.5 Å². The zero-order valence-corrected chi connectivity index (χ0v) is 12.1. The highest BCUT2D eigenvalue weighted by molar-refractivity contribution is 9.10. The van der Waals surface area contributed by atoms with Crippen molar-refractivity contribution in [1.29, 1.82) is 0 Å². The molecule has 0 bridgehead atoms. The molecule has 2 N–H and O–H groups in total. The van der Waals surface area contributed by atoms with E-state index in [1.807, 2.05) is 12.1 Å². The van der Waals surface area contributed by atoms with Gasteiger partial charge < -0.3 is 15.2 Å². The van der Waals surface area contributed by atoms with Gasteiger partial charge in [-0.1, -0.05) is 15.9 Å². The predicted molar refractivity (Wildman–Crippen MR) is 77.9 cm³/mol. The van der Waals surface area contributed by atoms with Crippen LogP contribution in [0.25, 0.3) is 0 Å². The highest BCUT2D eigenvalue weighted by Gasteiger charge is 2.13. The van der Waals surface area contributed by atoms with Crippen molar-refractivity contribution >= 4 is 21.8 Å². The molecule has 1 amide bonds. The maximum absolute atomic E-state index is 11.9. The Morgan fingerprint density at radius 1 is 1.30 bits per heavy atom. The Kier molecular flexibility index (Phi) is 5.09. The van der Waals surface area contributed by atoms with Crippen molar-refractivity contribution in [3.63, 3.8) is 0 Å². The monoisotopic (exact) mass is 336 g/mol. The van der Waals surface area contributed by atoms with Crippen molar-refractivity contribution in [3.05, 3.63) is 52.6 Å². The third-order valence-electron chi connectivity index (χ3n) is 2.44. The molecule has 0 unspecified atom stereocenters. The number of nitrogens with one attached hydrogen (secondary N) is 1. The number of aliphatic hydroxyl groups excluding tert-OH is 1. The van der Waals surface area contributed by atoms with Crippen molar-refractivity contribution in [1.82, 2.24) is 10.3 Å². The minimum Gasteiger partial charge on any atom is -0.438 e. The molecule has 0 spiro atoms. The van der Waals surface area contributed by atoms with Gasteiger partial charge in [-0.25, -0.2) is 4.98 Å². The maximum Gasteiger partial charge on any atom is 0.256 e. The summed E-state index contributed by atoms with van der Waals surface area (Å²) < 4.78 is 6.55. The molecule has 0 fully saturated rings. The summed E-state index contributed by atoms with van der Waals surface area (Å²) in [5.74, 6) is 0.479. The smallest absolute Gasteiger partial charge is 0.256 e. The molecule has 0 saturated carbocycles. The summed E-state index contributed by atoms with van der Waals surface area (Å²) in [6.07, 6.45) is 1.55. The number of rotatable bonds is 5. The lowest BCUT2D eigenvalue weighted by Gasteiger charge is -2.09. The summed E-state index contributed by atoms with van der Waals surface area (Å²) in [6, 6.07) is 10.5. The van der Waals surface area contributed by atoms with Gasteiger partial charge in [-0.15, -0.1) is 0 Å². The molecule has 104 valence electrons. The number of amides is 1. The number of pyridine rings is 1. The van der Waals surface area contributed by atoms with E-state index in [9.17, 15) is 4.79 Å². The van der Waals surface area contributed by atoms with Crippen LogP contribution in [0.4, 0.5) is 0 Å². The molecule has 2 aromatic rings. The molecule has 0 aliphatic carbocycles. The van der Waals surface area contributed by atoms with Crippen LogP contribution in [0.1, 0.15) is 10.4 Å². The fourth-order valence-electron chi connectivity index (χ4n) is 1.52. The second-order valence-corrected chi connectivity index (χ2v) is 4.81. The van der Waals surface area contributed by atoms with Crippen molar-refractivity contribution in [2.75, 3.05) is 13.2 Å². The molecule has 5 nitrogen and oxygen atoms in total. The fraction of sp³-hybridized carbons (Fsp3) is 0.143. The molecule has 1 heterocycles.